The predicted octanol–water partition coefficient (Wildman–Crippen LogP) is 3.05. The number of hydrogen-bond acceptors (Lipinski definition) is 2. The second kappa shape index (κ2) is 3.84. The molecule has 0 aliphatic heterocycles. The molecule has 0 saturated heterocycles. The molecule has 0 aliphatic rings. The fraction of sp³-hybridized carbons (Fsp3) is 0. The number of halogens is 2. The van der Waals surface area contributed by atoms with Crippen LogP contribution in [0.3, 0.4) is 0 Å². The summed E-state index contributed by atoms with van der Waals surface area (Å²) in [4.78, 5) is 7.65. The standard InChI is InChI=1S/C10H6BrFN2/c11-9-7(4-6-14-10(9)12)8-3-1-2-5-13-8/h1-6H. The third kappa shape index (κ3) is 1.65. The van der Waals surface area contributed by atoms with Gasteiger partial charge in [-0.05, 0) is 34.1 Å². The summed E-state index contributed by atoms with van der Waals surface area (Å²) in [5.41, 5.74) is 1.43. The molecule has 4 heteroatoms. The first-order valence-electron chi connectivity index (χ1n) is 4.00. The molecule has 0 amide bonds. The molecule has 0 aromatic carbocycles. The summed E-state index contributed by atoms with van der Waals surface area (Å²) < 4.78 is 13.4. The molecule has 2 aromatic heterocycles. The van der Waals surface area contributed by atoms with E-state index in [-0.39, 0.29) is 0 Å². The Balaban J connectivity index is 2.58. The maximum Gasteiger partial charge on any atom is 0.227 e. The van der Waals surface area contributed by atoms with E-state index in [1.54, 1.807) is 12.3 Å². The first-order valence-corrected chi connectivity index (χ1v) is 4.80. The number of pyridine rings is 2. The van der Waals surface area contributed by atoms with E-state index in [0.29, 0.717) is 10.0 Å². The molecule has 2 aromatic rings. The molecule has 0 spiro atoms. The van der Waals surface area contributed by atoms with Crippen molar-refractivity contribution in [1.82, 2.24) is 9.97 Å². The Labute approximate surface area is 89.0 Å². The van der Waals surface area contributed by atoms with Crippen LogP contribution in [-0.2, 0) is 0 Å². The average molecular weight is 253 g/mol. The van der Waals surface area contributed by atoms with Gasteiger partial charge in [-0.15, -0.1) is 0 Å². The van der Waals surface area contributed by atoms with Gasteiger partial charge in [0.1, 0.15) is 0 Å². The van der Waals surface area contributed by atoms with Crippen LogP contribution < -0.4 is 0 Å². The third-order valence-electron chi connectivity index (χ3n) is 1.79. The van der Waals surface area contributed by atoms with Gasteiger partial charge in [-0.3, -0.25) is 4.98 Å². The van der Waals surface area contributed by atoms with Crippen LogP contribution in [0.2, 0.25) is 0 Å². The zero-order valence-corrected chi connectivity index (χ0v) is 8.70. The van der Waals surface area contributed by atoms with Gasteiger partial charge in [0.25, 0.3) is 0 Å². The van der Waals surface area contributed by atoms with Gasteiger partial charge >= 0.3 is 0 Å². The molecule has 0 unspecified atom stereocenters. The van der Waals surface area contributed by atoms with Gasteiger partial charge in [0.2, 0.25) is 5.95 Å². The first kappa shape index (κ1) is 9.27. The number of hydrogen-bond donors (Lipinski definition) is 0. The van der Waals surface area contributed by atoms with E-state index < -0.39 is 5.95 Å². The monoisotopic (exact) mass is 252 g/mol. The van der Waals surface area contributed by atoms with Gasteiger partial charge in [0, 0.05) is 18.0 Å². The summed E-state index contributed by atoms with van der Waals surface area (Å²) in [7, 11) is 0. The van der Waals surface area contributed by atoms with Crippen LogP contribution in [0.1, 0.15) is 0 Å². The molecule has 14 heavy (non-hydrogen) atoms. The molecular formula is C10H6BrFN2. The minimum atomic E-state index is -0.520. The zero-order valence-electron chi connectivity index (χ0n) is 7.11. The Morgan fingerprint density at radius 1 is 1.07 bits per heavy atom. The molecule has 0 atom stereocenters. The molecule has 2 nitrogen and oxygen atoms in total. The summed E-state index contributed by atoms with van der Waals surface area (Å²) in [6.45, 7) is 0. The molecule has 0 bridgehead atoms. The Kier molecular flexibility index (Phi) is 2.54. The second-order valence-electron chi connectivity index (χ2n) is 2.68. The van der Waals surface area contributed by atoms with Gasteiger partial charge in [0.15, 0.2) is 0 Å². The van der Waals surface area contributed by atoms with Crippen molar-refractivity contribution in [2.24, 2.45) is 0 Å². The Morgan fingerprint density at radius 2 is 1.93 bits per heavy atom. The quantitative estimate of drug-likeness (QED) is 0.730. The predicted molar refractivity (Wildman–Crippen MR) is 55.1 cm³/mol. The number of aromatic nitrogens is 2. The van der Waals surface area contributed by atoms with Crippen molar-refractivity contribution in [3.63, 3.8) is 0 Å². The smallest absolute Gasteiger partial charge is 0.227 e. The Hall–Kier alpha value is -1.29. The van der Waals surface area contributed by atoms with E-state index in [1.165, 1.54) is 6.20 Å². The SMILES string of the molecule is Fc1nccc(-c2ccccn2)c1Br. The van der Waals surface area contributed by atoms with E-state index in [4.69, 9.17) is 0 Å². The fourth-order valence-corrected chi connectivity index (χ4v) is 1.58. The van der Waals surface area contributed by atoms with E-state index in [9.17, 15) is 4.39 Å². The van der Waals surface area contributed by atoms with Crippen molar-refractivity contribution in [1.29, 1.82) is 0 Å². The molecule has 70 valence electrons. The molecule has 0 saturated carbocycles. The summed E-state index contributed by atoms with van der Waals surface area (Å²) in [5.74, 6) is -0.520. The van der Waals surface area contributed by atoms with Crippen molar-refractivity contribution < 1.29 is 4.39 Å². The highest BCUT2D eigenvalue weighted by molar-refractivity contribution is 9.10. The largest absolute Gasteiger partial charge is 0.256 e. The van der Waals surface area contributed by atoms with E-state index in [0.717, 1.165) is 5.69 Å². The van der Waals surface area contributed by atoms with Crippen LogP contribution in [0, 0.1) is 5.95 Å². The normalized spacial score (nSPS) is 10.1. The van der Waals surface area contributed by atoms with Crippen molar-refractivity contribution in [3.8, 4) is 11.3 Å². The molecule has 2 rings (SSSR count). The lowest BCUT2D eigenvalue weighted by Crippen LogP contribution is -1.89. The van der Waals surface area contributed by atoms with Crippen LogP contribution in [0.4, 0.5) is 4.39 Å². The highest BCUT2D eigenvalue weighted by atomic mass is 79.9. The number of rotatable bonds is 1. The molecule has 0 aliphatic carbocycles. The third-order valence-corrected chi connectivity index (χ3v) is 2.54. The second-order valence-corrected chi connectivity index (χ2v) is 3.47. The first-order chi connectivity index (χ1) is 6.79. The highest BCUT2D eigenvalue weighted by Crippen LogP contribution is 2.27. The minimum Gasteiger partial charge on any atom is -0.256 e. The van der Waals surface area contributed by atoms with Gasteiger partial charge < -0.3 is 0 Å². The molecule has 0 fully saturated rings. The van der Waals surface area contributed by atoms with Gasteiger partial charge in [0.05, 0.1) is 10.2 Å². The van der Waals surface area contributed by atoms with Crippen LogP contribution in [0.5, 0.6) is 0 Å². The molecule has 0 N–H and O–H groups in total. The molecule has 0 radical (unpaired) electrons. The maximum atomic E-state index is 13.1. The van der Waals surface area contributed by atoms with Crippen LogP contribution in [0.15, 0.2) is 41.1 Å². The van der Waals surface area contributed by atoms with Gasteiger partial charge in [-0.25, -0.2) is 4.98 Å². The lowest BCUT2D eigenvalue weighted by atomic mass is 10.2. The highest BCUT2D eigenvalue weighted by Gasteiger charge is 2.08. The summed E-state index contributed by atoms with van der Waals surface area (Å²) in [5, 5.41) is 0. The van der Waals surface area contributed by atoms with Gasteiger partial charge in [-0.2, -0.15) is 4.39 Å². The van der Waals surface area contributed by atoms with Crippen LogP contribution >= 0.6 is 15.9 Å². The topological polar surface area (TPSA) is 25.8 Å². The Bertz CT molecular complexity index is 445. The van der Waals surface area contributed by atoms with Crippen LogP contribution in [0.25, 0.3) is 11.3 Å². The van der Waals surface area contributed by atoms with E-state index >= 15 is 0 Å². The van der Waals surface area contributed by atoms with Crippen molar-refractivity contribution in [2.75, 3.05) is 0 Å². The molecule has 2 heterocycles. The Morgan fingerprint density at radius 3 is 2.64 bits per heavy atom. The van der Waals surface area contributed by atoms with Gasteiger partial charge in [-0.1, -0.05) is 6.07 Å². The summed E-state index contributed by atoms with van der Waals surface area (Å²) in [6.07, 6.45) is 3.09. The van der Waals surface area contributed by atoms with Crippen LogP contribution in [-0.4, -0.2) is 9.97 Å². The lowest BCUT2D eigenvalue weighted by molar-refractivity contribution is 0.577. The maximum absolute atomic E-state index is 13.1. The average Bonchev–Trinajstić information content (AvgIpc) is 2.23. The van der Waals surface area contributed by atoms with E-state index in [1.807, 2.05) is 18.2 Å². The fourth-order valence-electron chi connectivity index (χ4n) is 1.14. The number of nitrogens with zero attached hydrogens (tertiary/aromatic N) is 2. The minimum absolute atomic E-state index is 0.346. The van der Waals surface area contributed by atoms with Crippen molar-refractivity contribution >= 4 is 15.9 Å². The van der Waals surface area contributed by atoms with Crippen molar-refractivity contribution in [3.05, 3.63) is 47.1 Å². The summed E-state index contributed by atoms with van der Waals surface area (Å²) >= 11 is 3.14. The molecular weight excluding hydrogens is 247 g/mol. The van der Waals surface area contributed by atoms with E-state index in [2.05, 4.69) is 25.9 Å². The zero-order chi connectivity index (χ0) is 9.97. The summed E-state index contributed by atoms with van der Waals surface area (Å²) in [6, 6.07) is 7.21. The van der Waals surface area contributed by atoms with Crippen molar-refractivity contribution in [2.45, 2.75) is 0 Å². The lowest BCUT2D eigenvalue weighted by Gasteiger charge is -2.02.